The van der Waals surface area contributed by atoms with Crippen molar-refractivity contribution < 1.29 is 0 Å². The van der Waals surface area contributed by atoms with E-state index in [1.54, 1.807) is 13.0 Å². The first-order valence-electron chi connectivity index (χ1n) is 5.42. The number of nitrogens with one attached hydrogen (secondary N) is 1. The molecule has 0 aliphatic carbocycles. The number of aryl methyl sites for hydroxylation is 1. The molecule has 0 saturated heterocycles. The predicted molar refractivity (Wildman–Crippen MR) is 73.0 cm³/mol. The van der Waals surface area contributed by atoms with Crippen LogP contribution in [0.5, 0.6) is 0 Å². The van der Waals surface area contributed by atoms with Gasteiger partial charge in [-0.1, -0.05) is 34.1 Å². The maximum Gasteiger partial charge on any atom is 0.146 e. The smallest absolute Gasteiger partial charge is 0.146 e. The number of hydrogen-bond acceptors (Lipinski definition) is 4. The summed E-state index contributed by atoms with van der Waals surface area (Å²) < 4.78 is 1.05. The third-order valence-electron chi connectivity index (χ3n) is 2.37. The van der Waals surface area contributed by atoms with Crippen LogP contribution in [0.3, 0.4) is 0 Å². The van der Waals surface area contributed by atoms with Crippen LogP contribution in [-0.2, 0) is 6.54 Å². The fourth-order valence-corrected chi connectivity index (χ4v) is 1.97. The van der Waals surface area contributed by atoms with Crippen LogP contribution in [0.1, 0.15) is 17.1 Å². The molecule has 1 aromatic carbocycles. The van der Waals surface area contributed by atoms with Crippen molar-refractivity contribution >= 4 is 21.7 Å². The van der Waals surface area contributed by atoms with E-state index >= 15 is 0 Å². The minimum absolute atomic E-state index is 0.372. The van der Waals surface area contributed by atoms with E-state index in [9.17, 15) is 0 Å². The molecule has 1 heterocycles. The zero-order valence-electron chi connectivity index (χ0n) is 9.81. The second-order valence-corrected chi connectivity index (χ2v) is 4.60. The Morgan fingerprint density at radius 3 is 2.83 bits per heavy atom. The van der Waals surface area contributed by atoms with E-state index in [-0.39, 0.29) is 0 Å². The number of benzene rings is 1. The fraction of sp³-hybridized carbons (Fsp3) is 0.154. The quantitative estimate of drug-likeness (QED) is 0.946. The molecule has 0 saturated carbocycles. The molecule has 0 spiro atoms. The monoisotopic (exact) mass is 302 g/mol. The Bertz CT molecular complexity index is 604. The maximum absolute atomic E-state index is 8.84. The molecule has 18 heavy (non-hydrogen) atoms. The Hall–Kier alpha value is -1.93. The number of aromatic nitrogens is 2. The molecule has 90 valence electrons. The van der Waals surface area contributed by atoms with Crippen molar-refractivity contribution in [1.82, 2.24) is 9.97 Å². The van der Waals surface area contributed by atoms with E-state index in [1.165, 1.54) is 0 Å². The van der Waals surface area contributed by atoms with Gasteiger partial charge < -0.3 is 5.32 Å². The van der Waals surface area contributed by atoms with Gasteiger partial charge >= 0.3 is 0 Å². The lowest BCUT2D eigenvalue weighted by molar-refractivity contribution is 1.01. The van der Waals surface area contributed by atoms with Crippen LogP contribution in [0, 0.1) is 18.3 Å². The first-order valence-corrected chi connectivity index (χ1v) is 6.21. The third-order valence-corrected chi connectivity index (χ3v) is 3.14. The van der Waals surface area contributed by atoms with Gasteiger partial charge in [-0.05, 0) is 18.6 Å². The maximum atomic E-state index is 8.84. The van der Waals surface area contributed by atoms with Gasteiger partial charge in [-0.15, -0.1) is 0 Å². The Morgan fingerprint density at radius 2 is 2.11 bits per heavy atom. The summed E-state index contributed by atoms with van der Waals surface area (Å²) in [4.78, 5) is 8.24. The van der Waals surface area contributed by atoms with E-state index in [0.717, 1.165) is 10.0 Å². The van der Waals surface area contributed by atoms with Crippen molar-refractivity contribution in [2.24, 2.45) is 0 Å². The van der Waals surface area contributed by atoms with Crippen molar-refractivity contribution in [2.45, 2.75) is 13.5 Å². The SMILES string of the molecule is Cc1nc(C#N)cc(NCc2ccccc2Br)n1. The van der Waals surface area contributed by atoms with Crippen molar-refractivity contribution in [1.29, 1.82) is 5.26 Å². The molecule has 0 amide bonds. The van der Waals surface area contributed by atoms with Crippen molar-refractivity contribution in [3.63, 3.8) is 0 Å². The largest absolute Gasteiger partial charge is 0.366 e. The van der Waals surface area contributed by atoms with E-state index < -0.39 is 0 Å². The second kappa shape index (κ2) is 5.61. The van der Waals surface area contributed by atoms with Crippen LogP contribution < -0.4 is 5.32 Å². The van der Waals surface area contributed by atoms with Crippen LogP contribution in [0.2, 0.25) is 0 Å². The van der Waals surface area contributed by atoms with E-state index in [0.29, 0.717) is 23.9 Å². The average molecular weight is 303 g/mol. The molecule has 0 unspecified atom stereocenters. The number of rotatable bonds is 3. The van der Waals surface area contributed by atoms with Crippen LogP contribution in [0.25, 0.3) is 0 Å². The van der Waals surface area contributed by atoms with Crippen LogP contribution in [-0.4, -0.2) is 9.97 Å². The molecule has 0 aliphatic rings. The first-order chi connectivity index (χ1) is 8.69. The zero-order chi connectivity index (χ0) is 13.0. The zero-order valence-corrected chi connectivity index (χ0v) is 11.4. The van der Waals surface area contributed by atoms with E-state index in [2.05, 4.69) is 31.2 Å². The lowest BCUT2D eigenvalue weighted by Crippen LogP contribution is -2.04. The molecule has 0 atom stereocenters. The summed E-state index contributed by atoms with van der Waals surface area (Å²) in [5, 5.41) is 12.0. The standard InChI is InChI=1S/C13H11BrN4/c1-9-17-11(7-15)6-13(18-9)16-8-10-4-2-3-5-12(10)14/h2-6H,8H2,1H3,(H,16,17,18). The predicted octanol–water partition coefficient (Wildman–Crippen LogP) is 3.03. The number of hydrogen-bond donors (Lipinski definition) is 1. The van der Waals surface area contributed by atoms with Crippen molar-refractivity contribution in [3.8, 4) is 6.07 Å². The summed E-state index contributed by atoms with van der Waals surface area (Å²) in [6.07, 6.45) is 0. The number of nitriles is 1. The average Bonchev–Trinajstić information content (AvgIpc) is 2.37. The number of halogens is 1. The molecular weight excluding hydrogens is 292 g/mol. The van der Waals surface area contributed by atoms with E-state index in [1.807, 2.05) is 30.3 Å². The fourth-order valence-electron chi connectivity index (χ4n) is 1.54. The summed E-state index contributed by atoms with van der Waals surface area (Å²) >= 11 is 3.49. The third kappa shape index (κ3) is 3.05. The normalized spacial score (nSPS) is 9.83. The van der Waals surface area contributed by atoms with Gasteiger partial charge in [0.2, 0.25) is 0 Å². The summed E-state index contributed by atoms with van der Waals surface area (Å²) in [5.41, 5.74) is 1.50. The van der Waals surface area contributed by atoms with Crippen molar-refractivity contribution in [2.75, 3.05) is 5.32 Å². The highest BCUT2D eigenvalue weighted by atomic mass is 79.9. The Kier molecular flexibility index (Phi) is 3.90. The van der Waals surface area contributed by atoms with Gasteiger partial charge in [0.1, 0.15) is 23.4 Å². The van der Waals surface area contributed by atoms with Crippen LogP contribution in [0.4, 0.5) is 5.82 Å². The lowest BCUT2D eigenvalue weighted by atomic mass is 10.2. The number of nitrogens with zero attached hydrogens (tertiary/aromatic N) is 3. The first kappa shape index (κ1) is 12.5. The molecule has 4 nitrogen and oxygen atoms in total. The van der Waals surface area contributed by atoms with E-state index in [4.69, 9.17) is 5.26 Å². The molecular formula is C13H11BrN4. The molecule has 0 aliphatic heterocycles. The van der Waals surface area contributed by atoms with Crippen LogP contribution in [0.15, 0.2) is 34.8 Å². The van der Waals surface area contributed by atoms with Gasteiger partial charge in [0.25, 0.3) is 0 Å². The van der Waals surface area contributed by atoms with Gasteiger partial charge in [0.15, 0.2) is 0 Å². The minimum Gasteiger partial charge on any atom is -0.366 e. The molecule has 2 aromatic rings. The highest BCUT2D eigenvalue weighted by Crippen LogP contribution is 2.17. The lowest BCUT2D eigenvalue weighted by Gasteiger charge is -2.08. The highest BCUT2D eigenvalue weighted by Gasteiger charge is 2.02. The molecule has 0 bridgehead atoms. The minimum atomic E-state index is 0.372. The molecule has 0 radical (unpaired) electrons. The Morgan fingerprint density at radius 1 is 1.33 bits per heavy atom. The topological polar surface area (TPSA) is 61.6 Å². The van der Waals surface area contributed by atoms with Gasteiger partial charge in [-0.25, -0.2) is 9.97 Å². The molecule has 2 rings (SSSR count). The summed E-state index contributed by atoms with van der Waals surface area (Å²) in [6, 6.07) is 11.6. The molecule has 5 heteroatoms. The Balaban J connectivity index is 2.14. The van der Waals surface area contributed by atoms with Gasteiger partial charge in [-0.3, -0.25) is 0 Å². The van der Waals surface area contributed by atoms with Crippen LogP contribution >= 0.6 is 15.9 Å². The summed E-state index contributed by atoms with van der Waals surface area (Å²) in [7, 11) is 0. The van der Waals surface area contributed by atoms with Gasteiger partial charge in [0, 0.05) is 17.1 Å². The van der Waals surface area contributed by atoms with Gasteiger partial charge in [0.05, 0.1) is 0 Å². The van der Waals surface area contributed by atoms with Crippen molar-refractivity contribution in [3.05, 3.63) is 51.9 Å². The molecule has 1 N–H and O–H groups in total. The number of anilines is 1. The van der Waals surface area contributed by atoms with Gasteiger partial charge in [-0.2, -0.15) is 5.26 Å². The highest BCUT2D eigenvalue weighted by molar-refractivity contribution is 9.10. The summed E-state index contributed by atoms with van der Waals surface area (Å²) in [5.74, 6) is 1.25. The second-order valence-electron chi connectivity index (χ2n) is 3.74. The molecule has 0 fully saturated rings. The Labute approximate surface area is 114 Å². The molecule has 1 aromatic heterocycles. The summed E-state index contributed by atoms with van der Waals surface area (Å²) in [6.45, 7) is 2.41.